The maximum Gasteiger partial charge on any atom is 0.309 e. The van der Waals surface area contributed by atoms with Crippen LogP contribution in [0.1, 0.15) is 30.3 Å². The zero-order valence-corrected chi connectivity index (χ0v) is 10.1. The highest BCUT2D eigenvalue weighted by molar-refractivity contribution is 5.69. The molecule has 3 heterocycles. The average Bonchev–Trinajstić information content (AvgIpc) is 2.95. The minimum atomic E-state index is -1.01. The van der Waals surface area contributed by atoms with Crippen LogP contribution in [0.5, 0.6) is 0 Å². The lowest BCUT2D eigenvalue weighted by atomic mass is 10.2. The summed E-state index contributed by atoms with van der Waals surface area (Å²) in [5, 5.41) is 11.7. The number of carboxylic acids is 1. The normalized spacial score (nSPS) is 19.1. The highest BCUT2D eigenvalue weighted by Gasteiger charge is 2.20. The summed E-state index contributed by atoms with van der Waals surface area (Å²) in [5.74, 6) is -1.01. The van der Waals surface area contributed by atoms with Gasteiger partial charge in [0.25, 0.3) is 5.56 Å². The summed E-state index contributed by atoms with van der Waals surface area (Å²) >= 11 is 0. The Balaban J connectivity index is 2.04. The Bertz CT molecular complexity index is 682. The van der Waals surface area contributed by atoms with Crippen molar-refractivity contribution in [2.24, 2.45) is 0 Å². The number of H-pyrrole nitrogens is 1. The van der Waals surface area contributed by atoms with E-state index in [-0.39, 0.29) is 23.8 Å². The zero-order chi connectivity index (χ0) is 13.4. The quantitative estimate of drug-likeness (QED) is 0.840. The molecule has 0 aromatic carbocycles. The molecule has 0 spiro atoms. The Morgan fingerprint density at radius 1 is 1.58 bits per heavy atom. The van der Waals surface area contributed by atoms with Gasteiger partial charge in [-0.2, -0.15) is 0 Å². The fourth-order valence-electron chi connectivity index (χ4n) is 2.29. The molecule has 1 unspecified atom stereocenters. The van der Waals surface area contributed by atoms with Gasteiger partial charge in [-0.15, -0.1) is 0 Å². The molecule has 3 rings (SSSR count). The maximum atomic E-state index is 11.9. The van der Waals surface area contributed by atoms with Crippen molar-refractivity contribution in [3.05, 3.63) is 33.9 Å². The zero-order valence-electron chi connectivity index (χ0n) is 10.1. The second-order valence-electron chi connectivity index (χ2n) is 4.56. The molecule has 0 bridgehead atoms. The van der Waals surface area contributed by atoms with Crippen LogP contribution in [0.4, 0.5) is 0 Å². The molecule has 0 radical (unpaired) electrons. The molecule has 100 valence electrons. The van der Waals surface area contributed by atoms with Crippen molar-refractivity contribution in [2.45, 2.75) is 25.4 Å². The molecule has 1 aliphatic heterocycles. The van der Waals surface area contributed by atoms with Gasteiger partial charge in [-0.05, 0) is 12.8 Å². The van der Waals surface area contributed by atoms with Gasteiger partial charge in [-0.3, -0.25) is 14.7 Å². The molecular formula is C12H13N3O4. The van der Waals surface area contributed by atoms with Gasteiger partial charge in [0.15, 0.2) is 5.65 Å². The first-order valence-corrected chi connectivity index (χ1v) is 6.08. The number of carbonyl (C=O) groups is 1. The third kappa shape index (κ3) is 2.24. The molecule has 7 nitrogen and oxygen atoms in total. The molecule has 0 aliphatic carbocycles. The van der Waals surface area contributed by atoms with E-state index < -0.39 is 5.97 Å². The highest BCUT2D eigenvalue weighted by Crippen LogP contribution is 2.27. The van der Waals surface area contributed by atoms with Gasteiger partial charge in [0.2, 0.25) is 0 Å². The third-order valence-electron chi connectivity index (χ3n) is 3.13. The van der Waals surface area contributed by atoms with Gasteiger partial charge < -0.3 is 9.84 Å². The Morgan fingerprint density at radius 2 is 2.42 bits per heavy atom. The van der Waals surface area contributed by atoms with Crippen molar-refractivity contribution in [1.82, 2.24) is 14.6 Å². The molecule has 0 saturated carbocycles. The molecular weight excluding hydrogens is 250 g/mol. The van der Waals surface area contributed by atoms with E-state index in [9.17, 15) is 9.59 Å². The van der Waals surface area contributed by atoms with Crippen molar-refractivity contribution in [2.75, 3.05) is 6.61 Å². The fraction of sp³-hybridized carbons (Fsp3) is 0.417. The van der Waals surface area contributed by atoms with E-state index in [1.807, 2.05) is 0 Å². The predicted molar refractivity (Wildman–Crippen MR) is 65.1 cm³/mol. The molecule has 2 aromatic heterocycles. The lowest BCUT2D eigenvalue weighted by Gasteiger charge is -2.04. The number of hydrogen-bond acceptors (Lipinski definition) is 4. The van der Waals surface area contributed by atoms with E-state index in [0.29, 0.717) is 12.3 Å². The van der Waals surface area contributed by atoms with E-state index >= 15 is 0 Å². The molecule has 7 heteroatoms. The van der Waals surface area contributed by atoms with Gasteiger partial charge in [-0.1, -0.05) is 0 Å². The van der Waals surface area contributed by atoms with Crippen LogP contribution in [0, 0.1) is 0 Å². The predicted octanol–water partition coefficient (Wildman–Crippen LogP) is 0.501. The van der Waals surface area contributed by atoms with E-state index in [4.69, 9.17) is 9.84 Å². The van der Waals surface area contributed by atoms with E-state index in [0.717, 1.165) is 18.5 Å². The number of rotatable bonds is 3. The summed E-state index contributed by atoms with van der Waals surface area (Å²) in [4.78, 5) is 26.7. The summed E-state index contributed by atoms with van der Waals surface area (Å²) in [7, 11) is 0. The van der Waals surface area contributed by atoms with Crippen LogP contribution in [0.25, 0.3) is 5.65 Å². The van der Waals surface area contributed by atoms with E-state index in [1.165, 1.54) is 10.6 Å². The first-order chi connectivity index (χ1) is 9.13. The smallest absolute Gasteiger partial charge is 0.309 e. The lowest BCUT2D eigenvalue weighted by molar-refractivity contribution is -0.136. The minimum absolute atomic E-state index is 0.0379. The molecule has 0 amide bonds. The third-order valence-corrected chi connectivity index (χ3v) is 3.13. The highest BCUT2D eigenvalue weighted by atomic mass is 16.5. The van der Waals surface area contributed by atoms with Crippen LogP contribution in [0.2, 0.25) is 0 Å². The summed E-state index contributed by atoms with van der Waals surface area (Å²) in [6.45, 7) is 0.715. The van der Waals surface area contributed by atoms with Crippen molar-refractivity contribution in [1.29, 1.82) is 0 Å². The topological polar surface area (TPSA) is 96.7 Å². The van der Waals surface area contributed by atoms with E-state index in [1.54, 1.807) is 6.07 Å². The van der Waals surface area contributed by atoms with Crippen molar-refractivity contribution in [3.63, 3.8) is 0 Å². The largest absolute Gasteiger partial charge is 0.481 e. The monoisotopic (exact) mass is 263 g/mol. The number of aromatic amines is 1. The van der Waals surface area contributed by atoms with Crippen LogP contribution in [0.15, 0.2) is 16.9 Å². The summed E-state index contributed by atoms with van der Waals surface area (Å²) in [6, 6.07) is 2.97. The average molecular weight is 263 g/mol. The van der Waals surface area contributed by atoms with Gasteiger partial charge >= 0.3 is 5.97 Å². The van der Waals surface area contributed by atoms with Crippen molar-refractivity contribution in [3.8, 4) is 0 Å². The Hall–Kier alpha value is -2.15. The lowest BCUT2D eigenvalue weighted by Crippen LogP contribution is -2.17. The van der Waals surface area contributed by atoms with Gasteiger partial charge in [-0.25, -0.2) is 9.50 Å². The number of fused-ring (bicyclic) bond motifs is 1. The number of aliphatic carboxylic acids is 1. The second kappa shape index (κ2) is 4.51. The van der Waals surface area contributed by atoms with Gasteiger partial charge in [0.1, 0.15) is 0 Å². The fourth-order valence-corrected chi connectivity index (χ4v) is 2.29. The SMILES string of the molecule is O=C(O)Cc1cc(=O)n2[nH]c(C3CCCO3)cc2n1. The maximum absolute atomic E-state index is 11.9. The number of carboxylic acid groups (broad SMARTS) is 1. The molecule has 2 aromatic rings. The Kier molecular flexibility index (Phi) is 2.83. The standard InChI is InChI=1S/C12H13N3O4/c16-11-4-7(5-12(17)18)13-10-6-8(14-15(10)11)9-2-1-3-19-9/h4,6,9,14H,1-3,5H2,(H,17,18). The van der Waals surface area contributed by atoms with Gasteiger partial charge in [0, 0.05) is 18.7 Å². The number of ether oxygens (including phenoxy) is 1. The van der Waals surface area contributed by atoms with Crippen LogP contribution >= 0.6 is 0 Å². The Labute approximate surface area is 107 Å². The number of nitrogens with zero attached hydrogens (tertiary/aromatic N) is 2. The van der Waals surface area contributed by atoms with Crippen molar-refractivity contribution >= 4 is 11.6 Å². The van der Waals surface area contributed by atoms with Crippen LogP contribution in [-0.2, 0) is 16.0 Å². The molecule has 19 heavy (non-hydrogen) atoms. The number of hydrogen-bond donors (Lipinski definition) is 2. The summed E-state index contributed by atoms with van der Waals surface area (Å²) in [5.41, 5.74) is 1.17. The summed E-state index contributed by atoms with van der Waals surface area (Å²) < 4.78 is 6.84. The summed E-state index contributed by atoms with van der Waals surface area (Å²) in [6.07, 6.45) is 1.60. The molecule has 2 N–H and O–H groups in total. The molecule has 1 fully saturated rings. The van der Waals surface area contributed by atoms with Crippen LogP contribution in [0.3, 0.4) is 0 Å². The Morgan fingerprint density at radius 3 is 3.11 bits per heavy atom. The van der Waals surface area contributed by atoms with Crippen LogP contribution < -0.4 is 5.56 Å². The first-order valence-electron chi connectivity index (χ1n) is 6.08. The number of aromatic nitrogens is 3. The van der Waals surface area contributed by atoms with E-state index in [2.05, 4.69) is 10.1 Å². The number of nitrogens with one attached hydrogen (secondary N) is 1. The molecule has 1 atom stereocenters. The second-order valence-corrected chi connectivity index (χ2v) is 4.56. The molecule has 1 aliphatic rings. The molecule has 1 saturated heterocycles. The van der Waals surface area contributed by atoms with Gasteiger partial charge in [0.05, 0.1) is 23.9 Å². The van der Waals surface area contributed by atoms with Crippen LogP contribution in [-0.4, -0.2) is 32.3 Å². The first kappa shape index (κ1) is 11.9. The minimum Gasteiger partial charge on any atom is -0.481 e. The van der Waals surface area contributed by atoms with Crippen molar-refractivity contribution < 1.29 is 14.6 Å².